The zero-order valence-electron chi connectivity index (χ0n) is 19.2. The summed E-state index contributed by atoms with van der Waals surface area (Å²) in [6, 6.07) is 13.1. The number of hydrogen-bond acceptors (Lipinski definition) is 5. The first kappa shape index (κ1) is 26.7. The van der Waals surface area contributed by atoms with Gasteiger partial charge in [-0.2, -0.15) is 0 Å². The highest BCUT2D eigenvalue weighted by molar-refractivity contribution is 9.10. The summed E-state index contributed by atoms with van der Waals surface area (Å²) in [6.45, 7) is 3.77. The minimum absolute atomic E-state index is 0.149. The van der Waals surface area contributed by atoms with E-state index in [1.54, 1.807) is 50.4 Å². The summed E-state index contributed by atoms with van der Waals surface area (Å²) in [5, 5.41) is 2.77. The third-order valence-corrected chi connectivity index (χ3v) is 6.71. The Morgan fingerprint density at radius 2 is 1.67 bits per heavy atom. The lowest BCUT2D eigenvalue weighted by Crippen LogP contribution is -2.52. The van der Waals surface area contributed by atoms with Crippen molar-refractivity contribution in [1.29, 1.82) is 0 Å². The van der Waals surface area contributed by atoms with Gasteiger partial charge in [-0.1, -0.05) is 35.0 Å². The zero-order valence-corrected chi connectivity index (χ0v) is 21.6. The molecule has 0 fully saturated rings. The molecular weight excluding hydrogens is 510 g/mol. The summed E-state index contributed by atoms with van der Waals surface area (Å²) in [5.74, 6) is -0.0837. The Morgan fingerprint density at radius 3 is 2.15 bits per heavy atom. The SMILES string of the molecule is CCNC(=O)C(CC)N(Cc1ccc(OC)cc1)C(=O)CN(c1ccc(Br)cc1)S(C)(=O)=O. The number of sulfonamides is 1. The summed E-state index contributed by atoms with van der Waals surface area (Å²) >= 11 is 3.33. The third-order valence-electron chi connectivity index (χ3n) is 5.04. The number of methoxy groups -OCH3 is 1. The minimum Gasteiger partial charge on any atom is -0.497 e. The van der Waals surface area contributed by atoms with Crippen LogP contribution in [0.5, 0.6) is 5.75 Å². The fraction of sp³-hybridized carbons (Fsp3) is 0.391. The van der Waals surface area contributed by atoms with Crippen molar-refractivity contribution in [2.75, 3.05) is 30.8 Å². The van der Waals surface area contributed by atoms with Crippen molar-refractivity contribution in [3.63, 3.8) is 0 Å². The number of likely N-dealkylation sites (N-methyl/N-ethyl adjacent to an activating group) is 1. The molecule has 1 N–H and O–H groups in total. The number of benzene rings is 2. The first-order chi connectivity index (χ1) is 15.6. The van der Waals surface area contributed by atoms with E-state index in [2.05, 4.69) is 21.2 Å². The number of carbonyl (C=O) groups is 2. The lowest BCUT2D eigenvalue weighted by molar-refractivity contribution is -0.140. The molecule has 0 bridgehead atoms. The number of hydrogen-bond donors (Lipinski definition) is 1. The second-order valence-electron chi connectivity index (χ2n) is 7.43. The third kappa shape index (κ3) is 7.46. The largest absolute Gasteiger partial charge is 0.497 e. The zero-order chi connectivity index (χ0) is 24.6. The number of nitrogens with one attached hydrogen (secondary N) is 1. The van der Waals surface area contributed by atoms with Gasteiger partial charge in [0.05, 0.1) is 19.1 Å². The molecule has 0 heterocycles. The van der Waals surface area contributed by atoms with Crippen molar-refractivity contribution in [1.82, 2.24) is 10.2 Å². The van der Waals surface area contributed by atoms with Gasteiger partial charge < -0.3 is 15.0 Å². The van der Waals surface area contributed by atoms with Crippen molar-refractivity contribution in [3.8, 4) is 5.75 Å². The molecule has 2 rings (SSSR count). The average molecular weight is 540 g/mol. The van der Waals surface area contributed by atoms with E-state index in [0.29, 0.717) is 24.4 Å². The molecule has 0 saturated carbocycles. The van der Waals surface area contributed by atoms with E-state index in [1.165, 1.54) is 4.90 Å². The van der Waals surface area contributed by atoms with Crippen LogP contribution in [0.15, 0.2) is 53.0 Å². The quantitative estimate of drug-likeness (QED) is 0.473. The molecule has 1 unspecified atom stereocenters. The Bertz CT molecular complexity index is 1040. The van der Waals surface area contributed by atoms with Crippen molar-refractivity contribution in [2.24, 2.45) is 0 Å². The van der Waals surface area contributed by atoms with Crippen LogP contribution in [0, 0.1) is 0 Å². The molecule has 0 aliphatic heterocycles. The standard InChI is InChI=1S/C23H30BrN3O5S/c1-5-21(23(29)25-6-2)26(15-17-7-13-20(32-3)14-8-17)22(28)16-27(33(4,30)31)19-11-9-18(24)10-12-19/h7-14,21H,5-6,15-16H2,1-4H3,(H,25,29). The number of rotatable bonds is 11. The Kier molecular flexibility index (Phi) is 9.72. The molecule has 2 aromatic rings. The average Bonchev–Trinajstić information content (AvgIpc) is 2.77. The molecule has 2 aromatic carbocycles. The highest BCUT2D eigenvalue weighted by Crippen LogP contribution is 2.22. The summed E-state index contributed by atoms with van der Waals surface area (Å²) in [5.41, 5.74) is 1.16. The van der Waals surface area contributed by atoms with Gasteiger partial charge in [0.1, 0.15) is 18.3 Å². The number of ether oxygens (including phenoxy) is 1. The predicted octanol–water partition coefficient (Wildman–Crippen LogP) is 3.17. The first-order valence-corrected chi connectivity index (χ1v) is 13.2. The van der Waals surface area contributed by atoms with Gasteiger partial charge in [-0.3, -0.25) is 13.9 Å². The van der Waals surface area contributed by atoms with Crippen LogP contribution < -0.4 is 14.4 Å². The van der Waals surface area contributed by atoms with Crippen LogP contribution in [0.4, 0.5) is 5.69 Å². The van der Waals surface area contributed by atoms with E-state index >= 15 is 0 Å². The van der Waals surface area contributed by atoms with Crippen molar-refractivity contribution in [3.05, 3.63) is 58.6 Å². The van der Waals surface area contributed by atoms with Crippen molar-refractivity contribution < 1.29 is 22.7 Å². The van der Waals surface area contributed by atoms with Crippen LogP contribution in [-0.2, 0) is 26.2 Å². The molecule has 0 aliphatic carbocycles. The predicted molar refractivity (Wildman–Crippen MR) is 133 cm³/mol. The number of anilines is 1. The molecule has 0 radical (unpaired) electrons. The Labute approximate surface area is 204 Å². The highest BCUT2D eigenvalue weighted by atomic mass is 79.9. The van der Waals surface area contributed by atoms with Crippen molar-refractivity contribution >= 4 is 43.5 Å². The van der Waals surface area contributed by atoms with E-state index in [9.17, 15) is 18.0 Å². The Hall–Kier alpha value is -2.59. The summed E-state index contributed by atoms with van der Waals surface area (Å²) in [6.07, 6.45) is 1.43. The van der Waals surface area contributed by atoms with E-state index in [4.69, 9.17) is 4.74 Å². The molecular formula is C23H30BrN3O5S. The number of nitrogens with zero attached hydrogens (tertiary/aromatic N) is 2. The van der Waals surface area contributed by atoms with Gasteiger partial charge in [-0.15, -0.1) is 0 Å². The number of carbonyl (C=O) groups excluding carboxylic acids is 2. The monoisotopic (exact) mass is 539 g/mol. The number of halogens is 1. The van der Waals surface area contributed by atoms with Gasteiger partial charge in [0.25, 0.3) is 0 Å². The lowest BCUT2D eigenvalue weighted by Gasteiger charge is -2.32. The maximum absolute atomic E-state index is 13.5. The van der Waals surface area contributed by atoms with E-state index in [1.807, 2.05) is 19.1 Å². The van der Waals surface area contributed by atoms with Crippen LogP contribution in [0.25, 0.3) is 0 Å². The second kappa shape index (κ2) is 12.0. The molecule has 0 aromatic heterocycles. The summed E-state index contributed by atoms with van der Waals surface area (Å²) in [7, 11) is -2.19. The van der Waals surface area contributed by atoms with Crippen LogP contribution in [0.1, 0.15) is 25.8 Å². The molecule has 8 nitrogen and oxygen atoms in total. The fourth-order valence-electron chi connectivity index (χ4n) is 3.36. The fourth-order valence-corrected chi connectivity index (χ4v) is 4.47. The Morgan fingerprint density at radius 1 is 1.06 bits per heavy atom. The van der Waals surface area contributed by atoms with Gasteiger partial charge in [0.2, 0.25) is 21.8 Å². The van der Waals surface area contributed by atoms with Crippen LogP contribution in [-0.4, -0.2) is 57.6 Å². The number of amides is 2. The van der Waals surface area contributed by atoms with E-state index in [-0.39, 0.29) is 12.5 Å². The van der Waals surface area contributed by atoms with Gasteiger partial charge in [0.15, 0.2) is 0 Å². The maximum atomic E-state index is 13.5. The Balaban J connectivity index is 2.40. The summed E-state index contributed by atoms with van der Waals surface area (Å²) < 4.78 is 32.1. The van der Waals surface area contributed by atoms with Gasteiger partial charge in [0, 0.05) is 17.6 Å². The molecule has 0 aliphatic rings. The normalized spacial score (nSPS) is 12.0. The second-order valence-corrected chi connectivity index (χ2v) is 10.3. The molecule has 10 heteroatoms. The van der Waals surface area contributed by atoms with Crippen LogP contribution in [0.3, 0.4) is 0 Å². The lowest BCUT2D eigenvalue weighted by atomic mass is 10.1. The van der Waals surface area contributed by atoms with Gasteiger partial charge >= 0.3 is 0 Å². The molecule has 0 saturated heterocycles. The summed E-state index contributed by atoms with van der Waals surface area (Å²) in [4.78, 5) is 27.7. The first-order valence-electron chi connectivity index (χ1n) is 10.5. The van der Waals surface area contributed by atoms with Crippen LogP contribution >= 0.6 is 15.9 Å². The van der Waals surface area contributed by atoms with Gasteiger partial charge in [-0.05, 0) is 55.3 Å². The minimum atomic E-state index is -3.75. The van der Waals surface area contributed by atoms with E-state index in [0.717, 1.165) is 20.6 Å². The molecule has 180 valence electrons. The smallest absolute Gasteiger partial charge is 0.244 e. The highest BCUT2D eigenvalue weighted by Gasteiger charge is 2.31. The molecule has 0 spiro atoms. The van der Waals surface area contributed by atoms with Gasteiger partial charge in [-0.25, -0.2) is 8.42 Å². The van der Waals surface area contributed by atoms with E-state index < -0.39 is 28.5 Å². The van der Waals surface area contributed by atoms with Crippen LogP contribution in [0.2, 0.25) is 0 Å². The topological polar surface area (TPSA) is 96.0 Å². The molecule has 33 heavy (non-hydrogen) atoms. The molecule has 1 atom stereocenters. The molecule has 2 amide bonds. The maximum Gasteiger partial charge on any atom is 0.244 e. The van der Waals surface area contributed by atoms with Crippen molar-refractivity contribution in [2.45, 2.75) is 32.9 Å².